The maximum atomic E-state index is 10.9. The van der Waals surface area contributed by atoms with Gasteiger partial charge in [0, 0.05) is 80.1 Å². The van der Waals surface area contributed by atoms with Crippen LogP contribution in [0.25, 0.3) is 0 Å². The Morgan fingerprint density at radius 3 is 1.07 bits per heavy atom. The first kappa shape index (κ1) is 25.9. The second-order valence-electron chi connectivity index (χ2n) is 8.38. The molecule has 8 heteroatoms. The molecule has 30 heavy (non-hydrogen) atoms. The molecule has 0 aromatic carbocycles. The van der Waals surface area contributed by atoms with Gasteiger partial charge in [-0.1, -0.05) is 6.42 Å². The Balaban J connectivity index is 0.000000202. The molecule has 4 rings (SSSR count). The van der Waals surface area contributed by atoms with Gasteiger partial charge in [0.1, 0.15) is 0 Å². The average Bonchev–Trinajstić information content (AvgIpc) is 3.01. The van der Waals surface area contributed by atoms with E-state index in [-0.39, 0.29) is 5.91 Å². The zero-order valence-corrected chi connectivity index (χ0v) is 19.3. The topological polar surface area (TPSA) is 81.2 Å². The van der Waals surface area contributed by atoms with Gasteiger partial charge in [-0.2, -0.15) is 0 Å². The summed E-state index contributed by atoms with van der Waals surface area (Å²) in [4.78, 5) is 49.4. The van der Waals surface area contributed by atoms with Crippen LogP contribution in [0.5, 0.6) is 0 Å². The number of β-lactam (4-membered cyclic amide) rings is 1. The Bertz CT molecular complexity index is 581. The molecular formula is C22H40N4O4. The first-order chi connectivity index (χ1) is 14.2. The van der Waals surface area contributed by atoms with E-state index in [1.165, 1.54) is 19.3 Å². The standard InChI is InChI=1S/C7H13NO.C6H11NO.C5H9NO.C4H7NO/c1-8-6-4-2-3-5-7(8)9;1-7-5-3-2-4-6(7)8;1-6-4-2-3-5(6)7;1-5-3-2-4(5)6/h2-6H2,1H3;2-5H2,1H3;2-4H2,1H3;2-3H2,1H3. The maximum Gasteiger partial charge on any atom is 0.224 e. The second kappa shape index (κ2) is 14.0. The first-order valence-electron chi connectivity index (χ1n) is 11.2. The van der Waals surface area contributed by atoms with Crippen molar-refractivity contribution in [1.82, 2.24) is 19.6 Å². The third kappa shape index (κ3) is 10.1. The quantitative estimate of drug-likeness (QED) is 0.555. The fraction of sp³-hybridized carbons (Fsp3) is 0.818. The van der Waals surface area contributed by atoms with Gasteiger partial charge >= 0.3 is 0 Å². The molecule has 4 amide bonds. The molecule has 4 aliphatic heterocycles. The lowest BCUT2D eigenvalue weighted by atomic mass is 10.1. The number of amides is 4. The minimum atomic E-state index is 0.273. The fourth-order valence-electron chi connectivity index (χ4n) is 3.27. The van der Waals surface area contributed by atoms with Crippen molar-refractivity contribution in [2.75, 3.05) is 54.4 Å². The van der Waals surface area contributed by atoms with Crippen molar-refractivity contribution in [2.45, 2.75) is 64.2 Å². The van der Waals surface area contributed by atoms with Gasteiger partial charge < -0.3 is 19.6 Å². The summed E-state index contributed by atoms with van der Waals surface area (Å²) >= 11 is 0. The summed E-state index contributed by atoms with van der Waals surface area (Å²) in [5.41, 5.74) is 0. The predicted molar refractivity (Wildman–Crippen MR) is 117 cm³/mol. The minimum Gasteiger partial charge on any atom is -0.346 e. The SMILES string of the molecule is CN1CCC1=O.CN1CCCC1=O.CN1CCCCC1=O.CN1CCCCCC1=O. The third-order valence-corrected chi connectivity index (χ3v) is 5.77. The molecule has 0 N–H and O–H groups in total. The summed E-state index contributed by atoms with van der Waals surface area (Å²) in [5, 5.41) is 0. The summed E-state index contributed by atoms with van der Waals surface area (Å²) in [5.74, 6) is 1.18. The summed E-state index contributed by atoms with van der Waals surface area (Å²) in [6.07, 6.45) is 9.85. The van der Waals surface area contributed by atoms with Gasteiger partial charge in [0.2, 0.25) is 23.6 Å². The van der Waals surface area contributed by atoms with Crippen molar-refractivity contribution >= 4 is 23.6 Å². The van der Waals surface area contributed by atoms with Gasteiger partial charge in [0.15, 0.2) is 0 Å². The van der Waals surface area contributed by atoms with Gasteiger partial charge in [0.05, 0.1) is 0 Å². The normalized spacial score (nSPS) is 21.5. The number of nitrogens with zero attached hydrogens (tertiary/aromatic N) is 4. The van der Waals surface area contributed by atoms with E-state index in [0.717, 1.165) is 71.1 Å². The van der Waals surface area contributed by atoms with Crippen LogP contribution in [0.1, 0.15) is 64.2 Å². The Kier molecular flexibility index (Phi) is 12.1. The van der Waals surface area contributed by atoms with Crippen LogP contribution in [-0.4, -0.2) is 97.6 Å². The van der Waals surface area contributed by atoms with E-state index in [0.29, 0.717) is 17.7 Å². The van der Waals surface area contributed by atoms with Crippen LogP contribution in [0.2, 0.25) is 0 Å². The average molecular weight is 425 g/mol. The molecule has 4 aliphatic rings. The van der Waals surface area contributed by atoms with Gasteiger partial charge in [-0.15, -0.1) is 0 Å². The molecule has 4 fully saturated rings. The van der Waals surface area contributed by atoms with E-state index >= 15 is 0 Å². The molecule has 4 heterocycles. The van der Waals surface area contributed by atoms with Crippen molar-refractivity contribution in [3.05, 3.63) is 0 Å². The van der Waals surface area contributed by atoms with Crippen LogP contribution < -0.4 is 0 Å². The van der Waals surface area contributed by atoms with Crippen molar-refractivity contribution in [3.63, 3.8) is 0 Å². The van der Waals surface area contributed by atoms with E-state index in [1.54, 1.807) is 14.7 Å². The molecule has 0 aromatic rings. The number of piperidine rings is 1. The van der Waals surface area contributed by atoms with Crippen LogP contribution in [-0.2, 0) is 19.2 Å². The summed E-state index contributed by atoms with van der Waals surface area (Å²) in [7, 11) is 7.40. The van der Waals surface area contributed by atoms with Crippen molar-refractivity contribution in [2.24, 2.45) is 0 Å². The summed E-state index contributed by atoms with van der Waals surface area (Å²) in [6, 6.07) is 0. The molecule has 0 atom stereocenters. The smallest absolute Gasteiger partial charge is 0.224 e. The number of hydrogen-bond donors (Lipinski definition) is 0. The zero-order valence-electron chi connectivity index (χ0n) is 19.3. The van der Waals surface area contributed by atoms with Crippen LogP contribution in [0, 0.1) is 0 Å². The van der Waals surface area contributed by atoms with Crippen LogP contribution in [0.15, 0.2) is 0 Å². The predicted octanol–water partition coefficient (Wildman–Crippen LogP) is 1.73. The van der Waals surface area contributed by atoms with Gasteiger partial charge in [-0.3, -0.25) is 19.2 Å². The van der Waals surface area contributed by atoms with Gasteiger partial charge in [-0.25, -0.2) is 0 Å². The molecule has 172 valence electrons. The molecule has 0 saturated carbocycles. The summed E-state index contributed by atoms with van der Waals surface area (Å²) in [6.45, 7) is 3.83. The van der Waals surface area contributed by atoms with Crippen LogP contribution >= 0.6 is 0 Å². The van der Waals surface area contributed by atoms with Gasteiger partial charge in [0.25, 0.3) is 0 Å². The lowest BCUT2D eigenvalue weighted by Gasteiger charge is -2.24. The number of carbonyl (C=O) groups excluding carboxylic acids is 4. The van der Waals surface area contributed by atoms with Gasteiger partial charge in [-0.05, 0) is 32.1 Å². The second-order valence-corrected chi connectivity index (χ2v) is 8.38. The van der Waals surface area contributed by atoms with Crippen LogP contribution in [0.3, 0.4) is 0 Å². The Hall–Kier alpha value is -2.12. The minimum absolute atomic E-state index is 0.273. The molecule has 0 spiro atoms. The van der Waals surface area contributed by atoms with Crippen molar-refractivity contribution in [1.29, 1.82) is 0 Å². The van der Waals surface area contributed by atoms with Crippen molar-refractivity contribution < 1.29 is 19.2 Å². The fourth-order valence-corrected chi connectivity index (χ4v) is 3.27. The molecule has 0 aliphatic carbocycles. The highest BCUT2D eigenvalue weighted by Crippen LogP contribution is 2.08. The van der Waals surface area contributed by atoms with E-state index in [1.807, 2.05) is 33.1 Å². The molecule has 0 unspecified atom stereocenters. The summed E-state index contributed by atoms with van der Waals surface area (Å²) < 4.78 is 0. The van der Waals surface area contributed by atoms with E-state index in [9.17, 15) is 19.2 Å². The largest absolute Gasteiger partial charge is 0.346 e. The van der Waals surface area contributed by atoms with E-state index in [4.69, 9.17) is 0 Å². The molecule has 0 radical (unpaired) electrons. The number of rotatable bonds is 0. The Morgan fingerprint density at radius 2 is 0.733 bits per heavy atom. The lowest BCUT2D eigenvalue weighted by Crippen LogP contribution is -2.39. The highest BCUT2D eigenvalue weighted by atomic mass is 16.2. The highest BCUT2D eigenvalue weighted by molar-refractivity contribution is 5.81. The third-order valence-electron chi connectivity index (χ3n) is 5.77. The monoisotopic (exact) mass is 424 g/mol. The number of likely N-dealkylation sites (tertiary alicyclic amines) is 4. The number of hydrogen-bond acceptors (Lipinski definition) is 4. The van der Waals surface area contributed by atoms with Crippen molar-refractivity contribution in [3.8, 4) is 0 Å². The molecule has 8 nitrogen and oxygen atoms in total. The van der Waals surface area contributed by atoms with E-state index < -0.39 is 0 Å². The first-order valence-corrected chi connectivity index (χ1v) is 11.2. The molecule has 0 bridgehead atoms. The van der Waals surface area contributed by atoms with E-state index in [2.05, 4.69) is 0 Å². The maximum absolute atomic E-state index is 10.9. The lowest BCUT2D eigenvalue weighted by molar-refractivity contribution is -0.137. The van der Waals surface area contributed by atoms with Crippen LogP contribution in [0.4, 0.5) is 0 Å². The molecule has 4 saturated heterocycles. The Morgan fingerprint density at radius 1 is 0.400 bits per heavy atom. The number of carbonyl (C=O) groups is 4. The zero-order chi connectivity index (χ0) is 22.5. The highest BCUT2D eigenvalue weighted by Gasteiger charge is 2.17. The Labute approximate surface area is 181 Å². The molecule has 0 aromatic heterocycles. The molecular weight excluding hydrogens is 384 g/mol.